The van der Waals surface area contributed by atoms with E-state index in [1.807, 2.05) is 6.07 Å². The van der Waals surface area contributed by atoms with Crippen molar-refractivity contribution < 1.29 is 18.8 Å². The summed E-state index contributed by atoms with van der Waals surface area (Å²) in [6, 6.07) is 4.56. The number of urea groups is 1. The first-order valence-corrected chi connectivity index (χ1v) is 8.56. The Balaban J connectivity index is 1.46. The van der Waals surface area contributed by atoms with Gasteiger partial charge in [0.25, 0.3) is 5.91 Å². The number of carbonyl (C=O) groups is 3. The predicted molar refractivity (Wildman–Crippen MR) is 89.3 cm³/mol. The van der Waals surface area contributed by atoms with Crippen LogP contribution in [-0.2, 0) is 16.0 Å². The topological polar surface area (TPSA) is 78.5 Å². The van der Waals surface area contributed by atoms with Gasteiger partial charge in [0, 0.05) is 19.5 Å². The molecular formula is C18H22FN3O3. The van der Waals surface area contributed by atoms with E-state index in [1.54, 1.807) is 17.9 Å². The summed E-state index contributed by atoms with van der Waals surface area (Å²) in [7, 11) is 0. The Kier molecular flexibility index (Phi) is 4.74. The van der Waals surface area contributed by atoms with Gasteiger partial charge in [-0.3, -0.25) is 14.9 Å². The van der Waals surface area contributed by atoms with Crippen LogP contribution in [0.15, 0.2) is 18.2 Å². The van der Waals surface area contributed by atoms with Gasteiger partial charge in [0.05, 0.1) is 0 Å². The third-order valence-corrected chi connectivity index (χ3v) is 5.06. The van der Waals surface area contributed by atoms with Gasteiger partial charge in [0.1, 0.15) is 11.4 Å². The molecule has 1 spiro atoms. The lowest BCUT2D eigenvalue weighted by atomic mass is 9.87. The first kappa shape index (κ1) is 17.4. The van der Waals surface area contributed by atoms with Crippen LogP contribution in [-0.4, -0.2) is 41.4 Å². The molecule has 6 nitrogen and oxygen atoms in total. The summed E-state index contributed by atoms with van der Waals surface area (Å²) in [4.78, 5) is 37.3. The van der Waals surface area contributed by atoms with E-state index in [0.29, 0.717) is 44.3 Å². The largest absolute Gasteiger partial charge is 0.342 e. The molecule has 7 heteroatoms. The number of nitrogens with zero attached hydrogens (tertiary/aromatic N) is 1. The molecule has 2 aliphatic rings. The van der Waals surface area contributed by atoms with Crippen molar-refractivity contribution in [1.82, 2.24) is 15.5 Å². The molecule has 2 saturated heterocycles. The smallest absolute Gasteiger partial charge is 0.322 e. The van der Waals surface area contributed by atoms with Crippen molar-refractivity contribution in [3.63, 3.8) is 0 Å². The van der Waals surface area contributed by atoms with Gasteiger partial charge < -0.3 is 10.2 Å². The second-order valence-corrected chi connectivity index (χ2v) is 6.81. The number of benzene rings is 1. The van der Waals surface area contributed by atoms with Gasteiger partial charge in [0.15, 0.2) is 0 Å². The van der Waals surface area contributed by atoms with Gasteiger partial charge >= 0.3 is 6.03 Å². The Hall–Kier alpha value is -2.44. The standard InChI is InChI=1S/C18H22FN3O3/c1-12-11-13(5-6-14(12)19)3-2-4-15(23)22-9-7-18(8-10-22)16(24)20-17(25)21-18/h5-6,11H,2-4,7-10H2,1H3,(H2,20,21,24,25). The molecule has 0 bridgehead atoms. The Labute approximate surface area is 145 Å². The average molecular weight is 347 g/mol. The van der Waals surface area contributed by atoms with E-state index in [2.05, 4.69) is 10.6 Å². The normalized spacial score (nSPS) is 19.0. The molecule has 0 aliphatic carbocycles. The van der Waals surface area contributed by atoms with Crippen molar-refractivity contribution >= 4 is 17.8 Å². The monoisotopic (exact) mass is 347 g/mol. The van der Waals surface area contributed by atoms with Crippen molar-refractivity contribution in [2.45, 2.75) is 44.6 Å². The van der Waals surface area contributed by atoms with Crippen LogP contribution in [0, 0.1) is 12.7 Å². The van der Waals surface area contributed by atoms with Crippen LogP contribution in [0.5, 0.6) is 0 Å². The zero-order valence-corrected chi connectivity index (χ0v) is 14.2. The van der Waals surface area contributed by atoms with E-state index in [1.165, 1.54) is 6.07 Å². The molecular weight excluding hydrogens is 325 g/mol. The maximum atomic E-state index is 13.3. The maximum absolute atomic E-state index is 13.3. The Morgan fingerprint density at radius 1 is 1.28 bits per heavy atom. The first-order chi connectivity index (χ1) is 11.9. The molecule has 1 aromatic carbocycles. The summed E-state index contributed by atoms with van der Waals surface area (Å²) in [5, 5.41) is 4.95. The molecule has 2 aliphatic heterocycles. The van der Waals surface area contributed by atoms with Gasteiger partial charge in [-0.25, -0.2) is 9.18 Å². The highest BCUT2D eigenvalue weighted by molar-refractivity contribution is 6.07. The molecule has 0 aromatic heterocycles. The molecule has 134 valence electrons. The molecule has 25 heavy (non-hydrogen) atoms. The fourth-order valence-electron chi connectivity index (χ4n) is 3.48. The third kappa shape index (κ3) is 3.65. The fourth-order valence-corrected chi connectivity index (χ4v) is 3.48. The molecule has 2 heterocycles. The molecule has 2 fully saturated rings. The summed E-state index contributed by atoms with van der Waals surface area (Å²) < 4.78 is 13.3. The number of halogens is 1. The summed E-state index contributed by atoms with van der Waals surface area (Å²) in [5.41, 5.74) is 0.788. The van der Waals surface area contributed by atoms with Crippen LogP contribution in [0.25, 0.3) is 0 Å². The summed E-state index contributed by atoms with van der Waals surface area (Å²) >= 11 is 0. The number of hydrogen-bond acceptors (Lipinski definition) is 3. The quantitative estimate of drug-likeness (QED) is 0.813. The van der Waals surface area contributed by atoms with Crippen LogP contribution >= 0.6 is 0 Å². The molecule has 0 radical (unpaired) electrons. The molecule has 4 amide bonds. The van der Waals surface area contributed by atoms with E-state index in [-0.39, 0.29) is 17.6 Å². The minimum Gasteiger partial charge on any atom is -0.342 e. The third-order valence-electron chi connectivity index (χ3n) is 5.06. The van der Waals surface area contributed by atoms with E-state index in [4.69, 9.17) is 0 Å². The van der Waals surface area contributed by atoms with Gasteiger partial charge in [-0.2, -0.15) is 0 Å². The molecule has 1 aromatic rings. The minimum atomic E-state index is -0.848. The molecule has 0 atom stereocenters. The SMILES string of the molecule is Cc1cc(CCCC(=O)N2CCC3(CC2)NC(=O)NC3=O)ccc1F. The van der Waals surface area contributed by atoms with Crippen molar-refractivity contribution in [2.75, 3.05) is 13.1 Å². The lowest BCUT2D eigenvalue weighted by Crippen LogP contribution is -2.55. The maximum Gasteiger partial charge on any atom is 0.322 e. The number of likely N-dealkylation sites (tertiary alicyclic amines) is 1. The second kappa shape index (κ2) is 6.82. The van der Waals surface area contributed by atoms with Crippen molar-refractivity contribution in [3.8, 4) is 0 Å². The van der Waals surface area contributed by atoms with Crippen LogP contribution in [0.3, 0.4) is 0 Å². The van der Waals surface area contributed by atoms with Crippen LogP contribution in [0.1, 0.15) is 36.8 Å². The zero-order valence-electron chi connectivity index (χ0n) is 14.2. The van der Waals surface area contributed by atoms with Crippen LogP contribution < -0.4 is 10.6 Å². The molecule has 3 rings (SSSR count). The molecule has 0 unspecified atom stereocenters. The van der Waals surface area contributed by atoms with Crippen LogP contribution in [0.4, 0.5) is 9.18 Å². The van der Waals surface area contributed by atoms with E-state index >= 15 is 0 Å². The molecule has 0 saturated carbocycles. The Morgan fingerprint density at radius 2 is 2.00 bits per heavy atom. The summed E-state index contributed by atoms with van der Waals surface area (Å²) in [6.07, 6.45) is 2.72. The predicted octanol–water partition coefficient (Wildman–Crippen LogP) is 1.66. The summed E-state index contributed by atoms with van der Waals surface area (Å²) in [5.74, 6) is -0.459. The first-order valence-electron chi connectivity index (χ1n) is 8.56. The molecule has 2 N–H and O–H groups in total. The number of imide groups is 1. The number of carbonyl (C=O) groups excluding carboxylic acids is 3. The second-order valence-electron chi connectivity index (χ2n) is 6.81. The Bertz CT molecular complexity index is 712. The number of nitrogens with one attached hydrogen (secondary N) is 2. The lowest BCUT2D eigenvalue weighted by Gasteiger charge is -2.37. The van der Waals surface area contributed by atoms with E-state index in [9.17, 15) is 18.8 Å². The number of piperidine rings is 1. The zero-order chi connectivity index (χ0) is 18.0. The number of amides is 4. The van der Waals surface area contributed by atoms with Gasteiger partial charge in [0.2, 0.25) is 5.91 Å². The van der Waals surface area contributed by atoms with E-state index < -0.39 is 11.6 Å². The lowest BCUT2D eigenvalue weighted by molar-refractivity contribution is -0.135. The Morgan fingerprint density at radius 3 is 2.60 bits per heavy atom. The number of aryl methyl sites for hydroxylation is 2. The van der Waals surface area contributed by atoms with E-state index in [0.717, 1.165) is 12.0 Å². The number of rotatable bonds is 4. The van der Waals surface area contributed by atoms with Crippen molar-refractivity contribution in [3.05, 3.63) is 35.1 Å². The van der Waals surface area contributed by atoms with Crippen molar-refractivity contribution in [1.29, 1.82) is 0 Å². The highest BCUT2D eigenvalue weighted by atomic mass is 19.1. The fraction of sp³-hybridized carbons (Fsp3) is 0.500. The highest BCUT2D eigenvalue weighted by Gasteiger charge is 2.48. The van der Waals surface area contributed by atoms with Crippen molar-refractivity contribution in [2.24, 2.45) is 0 Å². The number of hydrogen-bond donors (Lipinski definition) is 2. The average Bonchev–Trinajstić information content (AvgIpc) is 2.85. The van der Waals surface area contributed by atoms with Gasteiger partial charge in [-0.1, -0.05) is 12.1 Å². The van der Waals surface area contributed by atoms with Gasteiger partial charge in [-0.15, -0.1) is 0 Å². The summed E-state index contributed by atoms with van der Waals surface area (Å²) in [6.45, 7) is 2.65. The van der Waals surface area contributed by atoms with Crippen LogP contribution in [0.2, 0.25) is 0 Å². The highest BCUT2D eigenvalue weighted by Crippen LogP contribution is 2.26. The van der Waals surface area contributed by atoms with Gasteiger partial charge in [-0.05, 0) is 49.8 Å². The minimum absolute atomic E-state index is 0.0541.